The molecule has 0 spiro atoms. The van der Waals surface area contributed by atoms with E-state index in [2.05, 4.69) is 32.0 Å². The molecule has 0 saturated carbocycles. The van der Waals surface area contributed by atoms with Crippen LogP contribution < -0.4 is 11.2 Å². The summed E-state index contributed by atoms with van der Waals surface area (Å²) in [5.41, 5.74) is 3.52. The number of para-hydroxylation sites is 1. The SMILES string of the molecule is O=c1[nH]c2ccccc2c(=O)n1CCCN1CC=C(c2c[nH]c3ncccc23)CC1. The van der Waals surface area contributed by atoms with E-state index in [1.165, 1.54) is 15.7 Å². The lowest BCUT2D eigenvalue weighted by atomic mass is 9.99. The van der Waals surface area contributed by atoms with Gasteiger partial charge in [-0.25, -0.2) is 9.78 Å². The molecule has 0 amide bonds. The summed E-state index contributed by atoms with van der Waals surface area (Å²) >= 11 is 0. The lowest BCUT2D eigenvalue weighted by molar-refractivity contribution is 0.290. The average molecular weight is 401 g/mol. The van der Waals surface area contributed by atoms with Gasteiger partial charge in [0.25, 0.3) is 5.56 Å². The molecular formula is C23H23N5O2. The number of hydrogen-bond donors (Lipinski definition) is 2. The fourth-order valence-electron chi connectivity index (χ4n) is 4.23. The van der Waals surface area contributed by atoms with Gasteiger partial charge in [0.05, 0.1) is 10.9 Å². The van der Waals surface area contributed by atoms with Gasteiger partial charge in [-0.1, -0.05) is 18.2 Å². The fourth-order valence-corrected chi connectivity index (χ4v) is 4.23. The zero-order valence-corrected chi connectivity index (χ0v) is 16.6. The van der Waals surface area contributed by atoms with Crippen LogP contribution in [0, 0.1) is 0 Å². The third-order valence-corrected chi connectivity index (χ3v) is 5.84. The molecule has 0 fully saturated rings. The van der Waals surface area contributed by atoms with Crippen molar-refractivity contribution in [1.29, 1.82) is 0 Å². The number of H-pyrrole nitrogens is 2. The summed E-state index contributed by atoms with van der Waals surface area (Å²) in [7, 11) is 0. The molecule has 0 unspecified atom stereocenters. The van der Waals surface area contributed by atoms with Gasteiger partial charge in [-0.15, -0.1) is 0 Å². The maximum Gasteiger partial charge on any atom is 0.328 e. The van der Waals surface area contributed by atoms with Crippen LogP contribution in [0.2, 0.25) is 0 Å². The van der Waals surface area contributed by atoms with Gasteiger partial charge in [0.15, 0.2) is 0 Å². The van der Waals surface area contributed by atoms with Gasteiger partial charge in [0.2, 0.25) is 0 Å². The highest BCUT2D eigenvalue weighted by atomic mass is 16.2. The fraction of sp³-hybridized carbons (Fsp3) is 0.261. The van der Waals surface area contributed by atoms with Crippen molar-refractivity contribution >= 4 is 27.5 Å². The molecule has 3 aromatic heterocycles. The smallest absolute Gasteiger partial charge is 0.328 e. The van der Waals surface area contributed by atoms with Crippen LogP contribution in [0.1, 0.15) is 18.4 Å². The maximum absolute atomic E-state index is 12.6. The summed E-state index contributed by atoms with van der Waals surface area (Å²) in [6.45, 7) is 3.09. The van der Waals surface area contributed by atoms with Crippen LogP contribution in [0.4, 0.5) is 0 Å². The van der Waals surface area contributed by atoms with Crippen LogP contribution in [0.25, 0.3) is 27.5 Å². The number of rotatable bonds is 5. The quantitative estimate of drug-likeness (QED) is 0.538. The molecule has 1 aliphatic heterocycles. The Hall–Kier alpha value is -3.45. The van der Waals surface area contributed by atoms with E-state index in [4.69, 9.17) is 0 Å². The molecule has 7 heteroatoms. The lowest BCUT2D eigenvalue weighted by Crippen LogP contribution is -2.36. The van der Waals surface area contributed by atoms with Crippen LogP contribution >= 0.6 is 0 Å². The Bertz CT molecular complexity index is 1360. The van der Waals surface area contributed by atoms with Crippen molar-refractivity contribution in [1.82, 2.24) is 24.4 Å². The summed E-state index contributed by atoms with van der Waals surface area (Å²) in [4.78, 5) is 37.7. The van der Waals surface area contributed by atoms with E-state index in [0.29, 0.717) is 17.4 Å². The number of hydrogen-bond acceptors (Lipinski definition) is 4. The number of aromatic nitrogens is 4. The zero-order valence-electron chi connectivity index (χ0n) is 16.6. The van der Waals surface area contributed by atoms with Crippen molar-refractivity contribution in [2.45, 2.75) is 19.4 Å². The number of nitrogens with zero attached hydrogens (tertiary/aromatic N) is 3. The van der Waals surface area contributed by atoms with Crippen molar-refractivity contribution in [2.75, 3.05) is 19.6 Å². The molecule has 2 N–H and O–H groups in total. The highest BCUT2D eigenvalue weighted by Gasteiger charge is 2.16. The third kappa shape index (κ3) is 3.37. The summed E-state index contributed by atoms with van der Waals surface area (Å²) < 4.78 is 1.31. The van der Waals surface area contributed by atoms with Crippen molar-refractivity contribution in [3.8, 4) is 0 Å². The predicted octanol–water partition coefficient (Wildman–Crippen LogP) is 2.75. The Labute approximate surface area is 172 Å². The molecular weight excluding hydrogens is 378 g/mol. The molecule has 0 saturated heterocycles. The number of nitrogens with one attached hydrogen (secondary N) is 2. The van der Waals surface area contributed by atoms with Crippen LogP contribution in [0.3, 0.4) is 0 Å². The molecule has 4 heterocycles. The van der Waals surface area contributed by atoms with Gasteiger partial charge in [-0.2, -0.15) is 0 Å². The normalized spacial score (nSPS) is 15.0. The molecule has 1 aliphatic rings. The van der Waals surface area contributed by atoms with Crippen molar-refractivity contribution in [3.63, 3.8) is 0 Å². The van der Waals surface area contributed by atoms with Crippen LogP contribution in [-0.2, 0) is 6.54 Å². The first-order valence-electron chi connectivity index (χ1n) is 10.3. The van der Waals surface area contributed by atoms with Crippen molar-refractivity contribution in [3.05, 3.63) is 81.3 Å². The second kappa shape index (κ2) is 7.76. The average Bonchev–Trinajstić information content (AvgIpc) is 3.21. The molecule has 1 aromatic carbocycles. The predicted molar refractivity (Wildman–Crippen MR) is 119 cm³/mol. The number of benzene rings is 1. The number of pyridine rings is 1. The summed E-state index contributed by atoms with van der Waals surface area (Å²) in [6.07, 6.45) is 7.83. The molecule has 0 bridgehead atoms. The van der Waals surface area contributed by atoms with E-state index in [9.17, 15) is 9.59 Å². The molecule has 0 atom stereocenters. The first-order chi connectivity index (χ1) is 14.7. The Morgan fingerprint density at radius 1 is 1.03 bits per heavy atom. The summed E-state index contributed by atoms with van der Waals surface area (Å²) in [5.74, 6) is 0. The highest BCUT2D eigenvalue weighted by Crippen LogP contribution is 2.28. The van der Waals surface area contributed by atoms with Gasteiger partial charge in [-0.3, -0.25) is 14.3 Å². The van der Waals surface area contributed by atoms with Gasteiger partial charge >= 0.3 is 5.69 Å². The molecule has 0 radical (unpaired) electrons. The topological polar surface area (TPSA) is 86.8 Å². The molecule has 30 heavy (non-hydrogen) atoms. The van der Waals surface area contributed by atoms with E-state index in [-0.39, 0.29) is 11.2 Å². The van der Waals surface area contributed by atoms with Crippen molar-refractivity contribution < 1.29 is 0 Å². The molecule has 152 valence electrons. The van der Waals surface area contributed by atoms with Gasteiger partial charge in [-0.05, 0) is 42.7 Å². The van der Waals surface area contributed by atoms with E-state index in [1.807, 2.05) is 24.4 Å². The first-order valence-corrected chi connectivity index (χ1v) is 10.3. The lowest BCUT2D eigenvalue weighted by Gasteiger charge is -2.26. The van der Waals surface area contributed by atoms with Crippen LogP contribution in [-0.4, -0.2) is 44.1 Å². The Morgan fingerprint density at radius 3 is 2.77 bits per heavy atom. The van der Waals surface area contributed by atoms with Crippen LogP contribution in [0.15, 0.2) is 64.5 Å². The van der Waals surface area contributed by atoms with Crippen LogP contribution in [0.5, 0.6) is 0 Å². The minimum absolute atomic E-state index is 0.219. The highest BCUT2D eigenvalue weighted by molar-refractivity contribution is 5.90. The molecule has 5 rings (SSSR count). The Balaban J connectivity index is 1.24. The van der Waals surface area contributed by atoms with E-state index in [0.717, 1.165) is 43.5 Å². The van der Waals surface area contributed by atoms with E-state index >= 15 is 0 Å². The second-order valence-corrected chi connectivity index (χ2v) is 7.67. The zero-order chi connectivity index (χ0) is 20.5. The minimum Gasteiger partial charge on any atom is -0.346 e. The Morgan fingerprint density at radius 2 is 1.90 bits per heavy atom. The molecule has 7 nitrogen and oxygen atoms in total. The largest absolute Gasteiger partial charge is 0.346 e. The maximum atomic E-state index is 12.6. The third-order valence-electron chi connectivity index (χ3n) is 5.84. The first kappa shape index (κ1) is 18.6. The van der Waals surface area contributed by atoms with E-state index < -0.39 is 0 Å². The van der Waals surface area contributed by atoms with Gasteiger partial charge in [0.1, 0.15) is 5.65 Å². The second-order valence-electron chi connectivity index (χ2n) is 7.67. The van der Waals surface area contributed by atoms with Gasteiger partial charge < -0.3 is 9.97 Å². The number of fused-ring (bicyclic) bond motifs is 2. The van der Waals surface area contributed by atoms with Crippen molar-refractivity contribution in [2.24, 2.45) is 0 Å². The Kier molecular flexibility index (Phi) is 4.80. The summed E-state index contributed by atoms with van der Waals surface area (Å²) in [5, 5.41) is 1.71. The van der Waals surface area contributed by atoms with Gasteiger partial charge in [0, 0.05) is 49.5 Å². The standard InChI is InChI=1S/C23H23N5O2/c29-22-18-5-1-2-7-20(18)26-23(30)28(22)12-4-11-27-13-8-16(9-14-27)19-15-25-21-17(19)6-3-10-24-21/h1-3,5-8,10,15H,4,9,11-14H2,(H,24,25)(H,26,30). The minimum atomic E-state index is -0.340. The van der Waals surface area contributed by atoms with E-state index in [1.54, 1.807) is 18.3 Å². The number of aromatic amines is 2. The summed E-state index contributed by atoms with van der Waals surface area (Å²) in [6, 6.07) is 11.2. The monoisotopic (exact) mass is 401 g/mol. The molecule has 0 aliphatic carbocycles. The molecule has 4 aromatic rings.